The molecule has 4 heterocycles. The van der Waals surface area contributed by atoms with Crippen LogP contribution in [0.15, 0.2) is 83.7 Å². The van der Waals surface area contributed by atoms with Crippen molar-refractivity contribution in [1.82, 2.24) is 24.6 Å². The first-order valence-corrected chi connectivity index (χ1v) is 13.0. The summed E-state index contributed by atoms with van der Waals surface area (Å²) >= 11 is 6.06. The van der Waals surface area contributed by atoms with Gasteiger partial charge in [-0.3, -0.25) is 9.59 Å². The highest BCUT2D eigenvalue weighted by molar-refractivity contribution is 6.30. The summed E-state index contributed by atoms with van der Waals surface area (Å²) in [6, 6.07) is 24.5. The van der Waals surface area contributed by atoms with Gasteiger partial charge in [0.2, 0.25) is 0 Å². The van der Waals surface area contributed by atoms with Gasteiger partial charge in [-0.2, -0.15) is 5.10 Å². The van der Waals surface area contributed by atoms with Crippen LogP contribution in [0.1, 0.15) is 28.5 Å². The number of carbonyl (C=O) groups is 1. The lowest BCUT2D eigenvalue weighted by molar-refractivity contribution is 0.0920. The fourth-order valence-corrected chi connectivity index (χ4v) is 5.79. The van der Waals surface area contributed by atoms with E-state index in [1.165, 1.54) is 0 Å². The van der Waals surface area contributed by atoms with Gasteiger partial charge in [0.15, 0.2) is 0 Å². The monoisotopic (exact) mass is 513 g/mol. The van der Waals surface area contributed by atoms with Crippen LogP contribution in [-0.4, -0.2) is 51.3 Å². The zero-order valence-electron chi connectivity index (χ0n) is 20.4. The molecule has 7 nitrogen and oxygen atoms in total. The summed E-state index contributed by atoms with van der Waals surface area (Å²) in [7, 11) is 0. The molecule has 0 radical (unpaired) electrons. The predicted octanol–water partition coefficient (Wildman–Crippen LogP) is 4.20. The van der Waals surface area contributed by atoms with Crippen molar-refractivity contribution in [3.8, 4) is 16.9 Å². The van der Waals surface area contributed by atoms with Crippen molar-refractivity contribution in [2.24, 2.45) is 5.92 Å². The second-order valence-electron chi connectivity index (χ2n) is 9.88. The lowest BCUT2D eigenvalue weighted by atomic mass is 9.83. The number of nitrogens with one attached hydrogen (secondary N) is 1. The van der Waals surface area contributed by atoms with Crippen LogP contribution in [0.5, 0.6) is 0 Å². The van der Waals surface area contributed by atoms with Gasteiger partial charge < -0.3 is 14.8 Å². The normalized spacial score (nSPS) is 18.8. The van der Waals surface area contributed by atoms with Gasteiger partial charge in [-0.25, -0.2) is 4.68 Å². The maximum atomic E-state index is 13.3. The van der Waals surface area contributed by atoms with Gasteiger partial charge in [0.05, 0.1) is 11.4 Å². The largest absolute Gasteiger partial charge is 0.349 e. The Kier molecular flexibility index (Phi) is 6.40. The maximum Gasteiger partial charge on any atom is 0.270 e. The number of halogens is 1. The van der Waals surface area contributed by atoms with Crippen molar-refractivity contribution in [2.75, 3.05) is 26.2 Å². The molecule has 2 bridgehead atoms. The summed E-state index contributed by atoms with van der Waals surface area (Å²) < 4.78 is 3.64. The molecule has 0 spiro atoms. The average Bonchev–Trinajstić information content (AvgIpc) is 3.36. The zero-order valence-corrected chi connectivity index (χ0v) is 21.1. The number of fused-ring (bicyclic) bond motifs is 4. The molecule has 0 aliphatic carbocycles. The van der Waals surface area contributed by atoms with Crippen molar-refractivity contribution < 1.29 is 4.79 Å². The van der Waals surface area contributed by atoms with Crippen molar-refractivity contribution >= 4 is 17.5 Å². The number of aromatic nitrogens is 3. The molecule has 2 atom stereocenters. The maximum absolute atomic E-state index is 13.3. The molecular weight excluding hydrogens is 486 g/mol. The first-order chi connectivity index (χ1) is 18.0. The Morgan fingerprint density at radius 3 is 2.59 bits per heavy atom. The number of pyridine rings is 1. The molecule has 1 amide bonds. The first-order valence-electron chi connectivity index (χ1n) is 12.7. The molecule has 0 unspecified atom stereocenters. The Morgan fingerprint density at radius 2 is 1.78 bits per heavy atom. The fourth-order valence-electron chi connectivity index (χ4n) is 5.67. The zero-order chi connectivity index (χ0) is 25.4. The highest BCUT2D eigenvalue weighted by atomic mass is 35.5. The van der Waals surface area contributed by atoms with E-state index in [9.17, 15) is 9.59 Å². The van der Waals surface area contributed by atoms with Gasteiger partial charge in [0, 0.05) is 61.0 Å². The van der Waals surface area contributed by atoms with Crippen molar-refractivity contribution in [3.63, 3.8) is 0 Å². The van der Waals surface area contributed by atoms with Crippen molar-refractivity contribution in [3.05, 3.63) is 106 Å². The molecule has 2 aromatic heterocycles. The van der Waals surface area contributed by atoms with E-state index in [4.69, 9.17) is 16.7 Å². The molecule has 1 fully saturated rings. The Labute approximate surface area is 220 Å². The predicted molar refractivity (Wildman–Crippen MR) is 144 cm³/mol. The number of amides is 1. The second kappa shape index (κ2) is 10.00. The smallest absolute Gasteiger partial charge is 0.270 e. The van der Waals surface area contributed by atoms with E-state index in [0.717, 1.165) is 49.5 Å². The quantitative estimate of drug-likeness (QED) is 0.419. The first kappa shape index (κ1) is 23.7. The Bertz CT molecular complexity index is 1480. The Hall–Kier alpha value is -3.68. The Morgan fingerprint density at radius 1 is 0.973 bits per heavy atom. The molecule has 0 saturated carbocycles. The van der Waals surface area contributed by atoms with E-state index in [1.807, 2.05) is 71.3 Å². The SMILES string of the molecule is O=C(NCCN1C[C@H]2C[C@@H](C1)c1cccc(=O)n1C2)c1cc(-c2ccc(Cl)cc2)nn1-c1ccccc1. The van der Waals surface area contributed by atoms with Crippen molar-refractivity contribution in [2.45, 2.75) is 18.9 Å². The number of para-hydroxylation sites is 1. The summed E-state index contributed by atoms with van der Waals surface area (Å²) in [6.45, 7) is 3.92. The minimum atomic E-state index is -0.161. The summed E-state index contributed by atoms with van der Waals surface area (Å²) in [5.41, 5.74) is 4.15. The third-order valence-corrected chi connectivity index (χ3v) is 7.60. The molecule has 1 N–H and O–H groups in total. The molecule has 2 aliphatic heterocycles. The number of rotatable bonds is 6. The van der Waals surface area contributed by atoms with E-state index >= 15 is 0 Å². The van der Waals surface area contributed by atoms with Crippen LogP contribution in [0, 0.1) is 5.92 Å². The highest BCUT2D eigenvalue weighted by Crippen LogP contribution is 2.34. The molecule has 2 aromatic carbocycles. The van der Waals surface area contributed by atoms with Crippen LogP contribution >= 0.6 is 11.6 Å². The number of hydrogen-bond donors (Lipinski definition) is 1. The fraction of sp³-hybridized carbons (Fsp3) is 0.276. The van der Waals surface area contributed by atoms with E-state index in [-0.39, 0.29) is 11.5 Å². The van der Waals surface area contributed by atoms with E-state index < -0.39 is 0 Å². The van der Waals surface area contributed by atoms with Crippen LogP contribution in [0.3, 0.4) is 0 Å². The van der Waals surface area contributed by atoms with Gasteiger partial charge in [-0.15, -0.1) is 0 Å². The Balaban J connectivity index is 1.16. The number of nitrogens with zero attached hydrogens (tertiary/aromatic N) is 4. The summed E-state index contributed by atoms with van der Waals surface area (Å²) in [4.78, 5) is 28.0. The van der Waals surface area contributed by atoms with E-state index in [1.54, 1.807) is 10.7 Å². The molecule has 2 aliphatic rings. The van der Waals surface area contributed by atoms with Gasteiger partial charge in [0.25, 0.3) is 11.5 Å². The van der Waals surface area contributed by atoms with Gasteiger partial charge in [-0.1, -0.05) is 48.0 Å². The van der Waals surface area contributed by atoms with Gasteiger partial charge >= 0.3 is 0 Å². The average molecular weight is 514 g/mol. The summed E-state index contributed by atoms with van der Waals surface area (Å²) in [5.74, 6) is 0.660. The van der Waals surface area contributed by atoms with E-state index in [2.05, 4.69) is 16.3 Å². The summed E-state index contributed by atoms with van der Waals surface area (Å²) in [5, 5.41) is 8.50. The molecule has 37 heavy (non-hydrogen) atoms. The van der Waals surface area contributed by atoms with Crippen LogP contribution < -0.4 is 10.9 Å². The highest BCUT2D eigenvalue weighted by Gasteiger charge is 2.34. The number of carbonyl (C=O) groups excluding carboxylic acids is 1. The molecule has 188 valence electrons. The number of benzene rings is 2. The number of likely N-dealkylation sites (tertiary alicyclic amines) is 1. The third-order valence-electron chi connectivity index (χ3n) is 7.35. The molecular formula is C29H28ClN5O2. The lowest BCUT2D eigenvalue weighted by Gasteiger charge is -2.42. The van der Waals surface area contributed by atoms with Crippen molar-refractivity contribution in [1.29, 1.82) is 0 Å². The van der Waals surface area contributed by atoms with Gasteiger partial charge in [0.1, 0.15) is 5.69 Å². The molecule has 4 aromatic rings. The third kappa shape index (κ3) is 4.84. The minimum Gasteiger partial charge on any atom is -0.349 e. The van der Waals surface area contributed by atoms with Crippen LogP contribution in [0.2, 0.25) is 5.02 Å². The lowest BCUT2D eigenvalue weighted by Crippen LogP contribution is -2.48. The van der Waals surface area contributed by atoms with Crippen LogP contribution in [-0.2, 0) is 6.54 Å². The van der Waals surface area contributed by atoms with Crippen LogP contribution in [0.25, 0.3) is 16.9 Å². The topological polar surface area (TPSA) is 72.2 Å². The van der Waals surface area contributed by atoms with Crippen LogP contribution in [0.4, 0.5) is 0 Å². The number of piperidine rings is 1. The minimum absolute atomic E-state index is 0.0981. The standard InChI is InChI=1S/C29H28ClN5O2/c30-23-11-9-21(10-12-23)25-16-27(35(32-25)24-5-2-1-3-6-24)29(37)31-13-14-33-17-20-15-22(19-33)26-7-4-8-28(36)34(26)18-20/h1-12,16,20,22H,13-15,17-19H2,(H,31,37)/t20-,22+/m1/s1. The molecule has 6 rings (SSSR count). The summed E-state index contributed by atoms with van der Waals surface area (Å²) in [6.07, 6.45) is 1.12. The van der Waals surface area contributed by atoms with E-state index in [0.29, 0.717) is 34.8 Å². The number of hydrogen-bond acceptors (Lipinski definition) is 4. The molecule has 1 saturated heterocycles. The molecule has 8 heteroatoms. The van der Waals surface area contributed by atoms with Gasteiger partial charge in [-0.05, 0) is 48.7 Å². The second-order valence-corrected chi connectivity index (χ2v) is 10.3.